The molecule has 3 heterocycles. The molecule has 0 spiro atoms. The fourth-order valence-corrected chi connectivity index (χ4v) is 3.22. The Morgan fingerprint density at radius 1 is 1.14 bits per heavy atom. The smallest absolute Gasteiger partial charge is 0.183 e. The molecule has 4 atom stereocenters. The topological polar surface area (TPSA) is 146 Å². The molecule has 4 rings (SSSR count). The first kappa shape index (κ1) is 18.4. The Morgan fingerprint density at radius 3 is 2.61 bits per heavy atom. The van der Waals surface area contributed by atoms with Gasteiger partial charge < -0.3 is 20.1 Å². The highest BCUT2D eigenvalue weighted by atomic mass is 16.6. The summed E-state index contributed by atoms with van der Waals surface area (Å²) in [5, 5.41) is 33.7. The predicted octanol–water partition coefficient (Wildman–Crippen LogP) is 0.126. The van der Waals surface area contributed by atoms with Crippen molar-refractivity contribution >= 4 is 17.0 Å². The number of ether oxygens (including phenoxy) is 1. The summed E-state index contributed by atoms with van der Waals surface area (Å²) in [5.74, 6) is 0.203. The molecule has 2 aromatic heterocycles. The molecule has 11 nitrogen and oxygen atoms in total. The maximum Gasteiger partial charge on any atom is 0.183 e. The second-order valence-corrected chi connectivity index (χ2v) is 6.38. The zero-order chi connectivity index (χ0) is 19.7. The van der Waals surface area contributed by atoms with Gasteiger partial charge in [0.05, 0.1) is 24.8 Å². The van der Waals surface area contributed by atoms with E-state index in [4.69, 9.17) is 4.74 Å². The number of imidazole rings is 1. The molecule has 11 heteroatoms. The second-order valence-electron chi connectivity index (χ2n) is 6.38. The number of anilines is 1. The van der Waals surface area contributed by atoms with E-state index in [1.807, 2.05) is 30.3 Å². The van der Waals surface area contributed by atoms with Gasteiger partial charge in [-0.3, -0.25) is 4.57 Å². The molecule has 146 valence electrons. The first-order valence-corrected chi connectivity index (χ1v) is 8.58. The monoisotopic (exact) mass is 386 g/mol. The molecule has 0 saturated carbocycles. The molecule has 0 amide bonds. The van der Waals surface area contributed by atoms with Gasteiger partial charge in [-0.25, -0.2) is 20.0 Å². The number of aliphatic hydroxyl groups excluding tert-OH is 3. The van der Waals surface area contributed by atoms with Crippen LogP contribution in [0.4, 0.5) is 5.82 Å². The SMILES string of the molecule is O=NN(Cc1ccccc1)c1ncnc2c1ncn2[C@@H]1O[C@H](CO)[C@@H](O)[C@H]1O. The van der Waals surface area contributed by atoms with Crippen LogP contribution in [0.2, 0.25) is 0 Å². The van der Waals surface area contributed by atoms with E-state index in [0.717, 1.165) is 10.6 Å². The minimum Gasteiger partial charge on any atom is -0.394 e. The van der Waals surface area contributed by atoms with Crippen molar-refractivity contribution < 1.29 is 20.1 Å². The first-order valence-electron chi connectivity index (χ1n) is 8.58. The maximum atomic E-state index is 11.4. The van der Waals surface area contributed by atoms with E-state index < -0.39 is 31.1 Å². The Labute approximate surface area is 158 Å². The van der Waals surface area contributed by atoms with E-state index in [1.54, 1.807) is 0 Å². The van der Waals surface area contributed by atoms with Crippen LogP contribution >= 0.6 is 0 Å². The van der Waals surface area contributed by atoms with Crippen LogP contribution in [0.15, 0.2) is 48.3 Å². The summed E-state index contributed by atoms with van der Waals surface area (Å²) in [7, 11) is 0. The highest BCUT2D eigenvalue weighted by Crippen LogP contribution is 2.32. The molecular formula is C17H18N6O5. The first-order chi connectivity index (χ1) is 13.6. The van der Waals surface area contributed by atoms with E-state index in [9.17, 15) is 20.2 Å². The van der Waals surface area contributed by atoms with E-state index in [0.29, 0.717) is 5.65 Å². The van der Waals surface area contributed by atoms with Crippen LogP contribution in [0, 0.1) is 4.91 Å². The maximum absolute atomic E-state index is 11.4. The molecule has 28 heavy (non-hydrogen) atoms. The lowest BCUT2D eigenvalue weighted by Gasteiger charge is -2.17. The quantitative estimate of drug-likeness (QED) is 0.397. The summed E-state index contributed by atoms with van der Waals surface area (Å²) in [4.78, 5) is 24.0. The van der Waals surface area contributed by atoms with Gasteiger partial charge >= 0.3 is 0 Å². The van der Waals surface area contributed by atoms with Gasteiger partial charge in [-0.1, -0.05) is 30.3 Å². The van der Waals surface area contributed by atoms with Crippen LogP contribution < -0.4 is 5.01 Å². The van der Waals surface area contributed by atoms with Gasteiger partial charge in [0.25, 0.3) is 0 Å². The lowest BCUT2D eigenvalue weighted by Crippen LogP contribution is -2.33. The molecule has 3 N–H and O–H groups in total. The third kappa shape index (κ3) is 3.10. The number of nitroso groups, excluding NO2 is 1. The molecule has 1 aliphatic rings. The average Bonchev–Trinajstić information content (AvgIpc) is 3.28. The van der Waals surface area contributed by atoms with Crippen LogP contribution in [0.1, 0.15) is 11.8 Å². The van der Waals surface area contributed by atoms with Gasteiger partial charge in [-0.05, 0) is 5.56 Å². The zero-order valence-electron chi connectivity index (χ0n) is 14.6. The number of nitrogens with zero attached hydrogens (tertiary/aromatic N) is 6. The molecule has 1 aromatic carbocycles. The molecular weight excluding hydrogens is 368 g/mol. The number of rotatable bonds is 6. The van der Waals surface area contributed by atoms with Crippen LogP contribution in [-0.4, -0.2) is 59.8 Å². The summed E-state index contributed by atoms with van der Waals surface area (Å²) < 4.78 is 6.95. The lowest BCUT2D eigenvalue weighted by molar-refractivity contribution is -0.0511. The summed E-state index contributed by atoms with van der Waals surface area (Å²) >= 11 is 0. The van der Waals surface area contributed by atoms with Crippen molar-refractivity contribution in [2.24, 2.45) is 5.29 Å². The molecule has 0 unspecified atom stereocenters. The van der Waals surface area contributed by atoms with Gasteiger partial charge in [0.15, 0.2) is 23.2 Å². The number of aliphatic hydroxyl groups is 3. The van der Waals surface area contributed by atoms with E-state index >= 15 is 0 Å². The molecule has 0 aliphatic carbocycles. The minimum absolute atomic E-state index is 0.192. The normalized spacial score (nSPS) is 24.5. The summed E-state index contributed by atoms with van der Waals surface area (Å²) in [5.41, 5.74) is 1.44. The largest absolute Gasteiger partial charge is 0.394 e. The second kappa shape index (κ2) is 7.56. The molecule has 1 fully saturated rings. The Kier molecular flexibility index (Phi) is 4.96. The van der Waals surface area contributed by atoms with E-state index in [-0.39, 0.29) is 17.9 Å². The van der Waals surface area contributed by atoms with Crippen molar-refractivity contribution in [3.63, 3.8) is 0 Å². The summed E-state index contributed by atoms with van der Waals surface area (Å²) in [6.45, 7) is -0.251. The van der Waals surface area contributed by atoms with Crippen LogP contribution in [0.3, 0.4) is 0 Å². The van der Waals surface area contributed by atoms with Crippen molar-refractivity contribution in [2.45, 2.75) is 31.1 Å². The Bertz CT molecular complexity index is 967. The number of benzene rings is 1. The number of hydrogen-bond donors (Lipinski definition) is 3. The summed E-state index contributed by atoms with van der Waals surface area (Å²) in [6.07, 6.45) is -1.83. The van der Waals surface area contributed by atoms with Gasteiger partial charge in [-0.15, -0.1) is 4.91 Å². The third-order valence-electron chi connectivity index (χ3n) is 4.65. The fraction of sp³-hybridized carbons (Fsp3) is 0.353. The molecule has 3 aromatic rings. The number of hydrogen-bond acceptors (Lipinski definition) is 9. The van der Waals surface area contributed by atoms with Crippen molar-refractivity contribution in [1.82, 2.24) is 19.5 Å². The van der Waals surface area contributed by atoms with Gasteiger partial charge in [0, 0.05) is 0 Å². The standard InChI is InChI=1S/C17H18N6O5/c24-7-11-13(25)14(26)17(28-11)22-9-20-12-15(22)18-8-19-16(12)23(21-27)6-10-4-2-1-3-5-10/h1-5,8-9,11,13-14,17,24-26H,6-7H2/t11-,13-,14-,17-/m1/s1. The minimum atomic E-state index is -1.28. The predicted molar refractivity (Wildman–Crippen MR) is 96.8 cm³/mol. The van der Waals surface area contributed by atoms with Gasteiger partial charge in [-0.2, -0.15) is 0 Å². The van der Waals surface area contributed by atoms with Crippen molar-refractivity contribution in [3.05, 3.63) is 53.5 Å². The number of fused-ring (bicyclic) bond motifs is 1. The third-order valence-corrected chi connectivity index (χ3v) is 4.65. The van der Waals surface area contributed by atoms with Gasteiger partial charge in [0.2, 0.25) is 0 Å². The highest BCUT2D eigenvalue weighted by Gasteiger charge is 2.44. The zero-order valence-corrected chi connectivity index (χ0v) is 14.6. The molecule has 1 aliphatic heterocycles. The van der Waals surface area contributed by atoms with Crippen LogP contribution in [-0.2, 0) is 11.3 Å². The van der Waals surface area contributed by atoms with E-state index in [1.165, 1.54) is 17.2 Å². The van der Waals surface area contributed by atoms with Crippen LogP contribution in [0.5, 0.6) is 0 Å². The lowest BCUT2D eigenvalue weighted by atomic mass is 10.1. The molecule has 1 saturated heterocycles. The van der Waals surface area contributed by atoms with Crippen molar-refractivity contribution in [2.75, 3.05) is 11.6 Å². The fourth-order valence-electron chi connectivity index (χ4n) is 3.22. The Morgan fingerprint density at radius 2 is 1.93 bits per heavy atom. The van der Waals surface area contributed by atoms with Crippen LogP contribution in [0.25, 0.3) is 11.2 Å². The number of aromatic nitrogens is 4. The van der Waals surface area contributed by atoms with E-state index in [2.05, 4.69) is 20.2 Å². The highest BCUT2D eigenvalue weighted by molar-refractivity contribution is 5.83. The average molecular weight is 386 g/mol. The Hall–Kier alpha value is -2.99. The van der Waals surface area contributed by atoms with Gasteiger partial charge in [0.1, 0.15) is 24.6 Å². The molecule has 0 radical (unpaired) electrons. The van der Waals surface area contributed by atoms with Crippen molar-refractivity contribution in [1.29, 1.82) is 0 Å². The summed E-state index contributed by atoms with van der Waals surface area (Å²) in [6, 6.07) is 9.28. The van der Waals surface area contributed by atoms with Crippen molar-refractivity contribution in [3.8, 4) is 0 Å². The Balaban J connectivity index is 1.70. The molecule has 0 bridgehead atoms.